The first-order valence-electron chi connectivity index (χ1n) is 4.40. The van der Waals surface area contributed by atoms with Gasteiger partial charge in [-0.15, -0.1) is 0 Å². The second kappa shape index (κ2) is 3.61. The molecular formula is C9H16N2O. The molecule has 68 valence electrons. The van der Waals surface area contributed by atoms with E-state index in [9.17, 15) is 0 Å². The predicted molar refractivity (Wildman–Crippen MR) is 49.0 cm³/mol. The van der Waals surface area contributed by atoms with E-state index < -0.39 is 0 Å². The third kappa shape index (κ3) is 1.60. The summed E-state index contributed by atoms with van der Waals surface area (Å²) in [6, 6.07) is 0. The molecule has 1 aromatic rings. The van der Waals surface area contributed by atoms with Gasteiger partial charge in [-0.3, -0.25) is 0 Å². The monoisotopic (exact) mass is 168 g/mol. The second-order valence-electron chi connectivity index (χ2n) is 3.32. The minimum atomic E-state index is 0.396. The lowest BCUT2D eigenvalue weighted by Gasteiger charge is -2.01. The molecule has 0 saturated heterocycles. The van der Waals surface area contributed by atoms with Crippen LogP contribution in [0.25, 0.3) is 0 Å². The number of hydrogen-bond acceptors (Lipinski definition) is 3. The van der Waals surface area contributed by atoms with E-state index in [1.807, 2.05) is 0 Å². The van der Waals surface area contributed by atoms with Crippen LogP contribution >= 0.6 is 0 Å². The van der Waals surface area contributed by atoms with Gasteiger partial charge in [-0.25, -0.2) is 0 Å². The van der Waals surface area contributed by atoms with Crippen LogP contribution in [0.3, 0.4) is 0 Å². The quantitative estimate of drug-likeness (QED) is 0.753. The highest BCUT2D eigenvalue weighted by Crippen LogP contribution is 2.24. The molecule has 0 aliphatic carbocycles. The van der Waals surface area contributed by atoms with Gasteiger partial charge in [0.1, 0.15) is 0 Å². The molecule has 1 heterocycles. The maximum absolute atomic E-state index is 5.64. The fourth-order valence-corrected chi connectivity index (χ4v) is 1.29. The van der Waals surface area contributed by atoms with Crippen LogP contribution in [0.1, 0.15) is 44.4 Å². The summed E-state index contributed by atoms with van der Waals surface area (Å²) >= 11 is 0. The van der Waals surface area contributed by atoms with Gasteiger partial charge in [-0.2, -0.15) is 0 Å². The van der Waals surface area contributed by atoms with Crippen molar-refractivity contribution in [2.45, 2.75) is 39.5 Å². The third-order valence-electron chi connectivity index (χ3n) is 1.90. The molecule has 1 aromatic heterocycles. The van der Waals surface area contributed by atoms with Crippen LogP contribution in [0.15, 0.2) is 4.52 Å². The van der Waals surface area contributed by atoms with Crippen molar-refractivity contribution in [2.75, 3.05) is 5.73 Å². The van der Waals surface area contributed by atoms with Crippen LogP contribution in [0, 0.1) is 0 Å². The molecule has 3 heteroatoms. The highest BCUT2D eigenvalue weighted by molar-refractivity contribution is 5.40. The van der Waals surface area contributed by atoms with Crippen LogP contribution < -0.4 is 5.73 Å². The van der Waals surface area contributed by atoms with Gasteiger partial charge < -0.3 is 10.3 Å². The largest absolute Gasteiger partial charge is 0.367 e. The van der Waals surface area contributed by atoms with Gasteiger partial charge in [0.15, 0.2) is 0 Å². The van der Waals surface area contributed by atoms with Crippen LogP contribution in [0.5, 0.6) is 0 Å². The van der Waals surface area contributed by atoms with Crippen molar-refractivity contribution in [3.05, 3.63) is 11.3 Å². The third-order valence-corrected chi connectivity index (χ3v) is 1.90. The topological polar surface area (TPSA) is 52.0 Å². The lowest BCUT2D eigenvalue weighted by atomic mass is 10.0. The molecule has 0 atom stereocenters. The Morgan fingerprint density at radius 1 is 1.50 bits per heavy atom. The Kier molecular flexibility index (Phi) is 2.74. The van der Waals surface area contributed by atoms with Crippen molar-refractivity contribution in [3.63, 3.8) is 0 Å². The van der Waals surface area contributed by atoms with Crippen molar-refractivity contribution in [1.29, 1.82) is 0 Å². The molecule has 0 aliphatic rings. The van der Waals surface area contributed by atoms with Gasteiger partial charge in [0, 0.05) is 5.56 Å². The zero-order valence-electron chi connectivity index (χ0n) is 7.92. The van der Waals surface area contributed by atoms with Gasteiger partial charge >= 0.3 is 0 Å². The minimum Gasteiger partial charge on any atom is -0.367 e. The fourth-order valence-electron chi connectivity index (χ4n) is 1.29. The van der Waals surface area contributed by atoms with E-state index >= 15 is 0 Å². The fraction of sp³-hybridized carbons (Fsp3) is 0.667. The van der Waals surface area contributed by atoms with E-state index in [1.54, 1.807) is 0 Å². The standard InChI is InChI=1S/C9H16N2O/c1-4-5-7-8(6(2)3)11-12-9(7)10/h6H,4-5,10H2,1-3H3. The molecule has 0 amide bonds. The number of nitrogen functional groups attached to an aromatic ring is 1. The van der Waals surface area contributed by atoms with Crippen LogP contribution in [0.4, 0.5) is 5.88 Å². The molecule has 3 nitrogen and oxygen atoms in total. The number of aromatic nitrogens is 1. The second-order valence-corrected chi connectivity index (χ2v) is 3.32. The first kappa shape index (κ1) is 9.10. The average molecular weight is 168 g/mol. The zero-order chi connectivity index (χ0) is 9.14. The molecule has 0 fully saturated rings. The van der Waals surface area contributed by atoms with Gasteiger partial charge in [-0.1, -0.05) is 32.3 Å². The molecule has 0 unspecified atom stereocenters. The van der Waals surface area contributed by atoms with Crippen molar-refractivity contribution >= 4 is 5.88 Å². The molecule has 12 heavy (non-hydrogen) atoms. The summed E-state index contributed by atoms with van der Waals surface area (Å²) in [4.78, 5) is 0. The van der Waals surface area contributed by atoms with Crippen LogP contribution in [0.2, 0.25) is 0 Å². The molecule has 0 aromatic carbocycles. The first-order valence-corrected chi connectivity index (χ1v) is 4.40. The lowest BCUT2D eigenvalue weighted by Crippen LogP contribution is -1.96. The number of nitrogens with two attached hydrogens (primary N) is 1. The van der Waals surface area contributed by atoms with Gasteiger partial charge in [0.25, 0.3) is 0 Å². The Bertz CT molecular complexity index is 253. The van der Waals surface area contributed by atoms with Crippen molar-refractivity contribution in [1.82, 2.24) is 5.16 Å². The van der Waals surface area contributed by atoms with E-state index in [1.165, 1.54) is 0 Å². The Labute approximate surface area is 72.9 Å². The smallest absolute Gasteiger partial charge is 0.225 e. The molecule has 0 bridgehead atoms. The van der Waals surface area contributed by atoms with E-state index in [-0.39, 0.29) is 0 Å². The van der Waals surface area contributed by atoms with E-state index in [0.29, 0.717) is 11.8 Å². The number of nitrogens with zero attached hydrogens (tertiary/aromatic N) is 1. The van der Waals surface area contributed by atoms with E-state index in [0.717, 1.165) is 24.1 Å². The summed E-state index contributed by atoms with van der Waals surface area (Å²) in [5, 5.41) is 3.93. The van der Waals surface area contributed by atoms with Crippen LogP contribution in [-0.4, -0.2) is 5.16 Å². The molecule has 0 aliphatic heterocycles. The highest BCUT2D eigenvalue weighted by atomic mass is 16.5. The minimum absolute atomic E-state index is 0.396. The molecule has 1 rings (SSSR count). The maximum Gasteiger partial charge on any atom is 0.225 e. The highest BCUT2D eigenvalue weighted by Gasteiger charge is 2.14. The van der Waals surface area contributed by atoms with Gasteiger partial charge in [0.2, 0.25) is 5.88 Å². The number of anilines is 1. The predicted octanol–water partition coefficient (Wildman–Crippen LogP) is 2.33. The molecule has 0 radical (unpaired) electrons. The summed E-state index contributed by atoms with van der Waals surface area (Å²) in [5.41, 5.74) is 7.74. The molecule has 0 spiro atoms. The molecule has 0 saturated carbocycles. The van der Waals surface area contributed by atoms with E-state index in [4.69, 9.17) is 10.3 Å². The summed E-state index contributed by atoms with van der Waals surface area (Å²) in [6.45, 7) is 6.31. The van der Waals surface area contributed by atoms with Gasteiger partial charge in [-0.05, 0) is 12.3 Å². The summed E-state index contributed by atoms with van der Waals surface area (Å²) in [7, 11) is 0. The normalized spacial score (nSPS) is 11.0. The Hall–Kier alpha value is -0.990. The first-order chi connectivity index (χ1) is 5.66. The summed E-state index contributed by atoms with van der Waals surface area (Å²) < 4.78 is 4.94. The average Bonchev–Trinajstić information content (AvgIpc) is 2.34. The van der Waals surface area contributed by atoms with Crippen molar-refractivity contribution in [2.24, 2.45) is 0 Å². The van der Waals surface area contributed by atoms with Crippen molar-refractivity contribution in [3.8, 4) is 0 Å². The number of hydrogen-bond donors (Lipinski definition) is 1. The molecule has 2 N–H and O–H groups in total. The summed E-state index contributed by atoms with van der Waals surface area (Å²) in [5.74, 6) is 0.883. The van der Waals surface area contributed by atoms with Crippen LogP contribution in [-0.2, 0) is 6.42 Å². The Morgan fingerprint density at radius 3 is 2.67 bits per heavy atom. The SMILES string of the molecule is CCCc1c(C(C)C)noc1N. The Balaban J connectivity index is 2.95. The summed E-state index contributed by atoms with van der Waals surface area (Å²) in [6.07, 6.45) is 2.04. The van der Waals surface area contributed by atoms with Crippen molar-refractivity contribution < 1.29 is 4.52 Å². The van der Waals surface area contributed by atoms with E-state index in [2.05, 4.69) is 25.9 Å². The Morgan fingerprint density at radius 2 is 2.17 bits per heavy atom. The zero-order valence-corrected chi connectivity index (χ0v) is 7.92. The molecular weight excluding hydrogens is 152 g/mol. The van der Waals surface area contributed by atoms with Gasteiger partial charge in [0.05, 0.1) is 5.69 Å². The number of rotatable bonds is 3. The lowest BCUT2D eigenvalue weighted by molar-refractivity contribution is 0.423. The maximum atomic E-state index is 5.64.